The lowest BCUT2D eigenvalue weighted by molar-refractivity contribution is 0.664. The van der Waals surface area contributed by atoms with E-state index in [9.17, 15) is 0 Å². The minimum Gasteiger partial charge on any atom is -0.456 e. The Labute approximate surface area is 336 Å². The van der Waals surface area contributed by atoms with Crippen LogP contribution in [0.25, 0.3) is 65.4 Å². The molecule has 0 saturated heterocycles. The minimum atomic E-state index is 0.851. The second kappa shape index (κ2) is 13.1. The van der Waals surface area contributed by atoms with Crippen molar-refractivity contribution >= 4 is 99.5 Å². The average Bonchev–Trinajstić information content (AvgIpc) is 3.76. The maximum Gasteiger partial charge on any atom is 0.136 e. The summed E-state index contributed by atoms with van der Waals surface area (Å²) in [5.41, 5.74) is 15.1. The van der Waals surface area contributed by atoms with E-state index in [1.54, 1.807) is 0 Å². The van der Waals surface area contributed by atoms with Crippen LogP contribution in [0.15, 0.2) is 179 Å². The monoisotopic (exact) mass is 748 g/mol. The van der Waals surface area contributed by atoms with Gasteiger partial charge in [0.25, 0.3) is 0 Å². The van der Waals surface area contributed by atoms with Crippen LogP contribution in [-0.2, 0) is 0 Å². The summed E-state index contributed by atoms with van der Waals surface area (Å²) in [6.07, 6.45) is 0. The zero-order valence-corrected chi connectivity index (χ0v) is 32.9. The molecule has 0 aliphatic heterocycles. The summed E-state index contributed by atoms with van der Waals surface area (Å²) >= 11 is 0. The van der Waals surface area contributed by atoms with E-state index < -0.39 is 0 Å². The van der Waals surface area contributed by atoms with Gasteiger partial charge in [-0.3, -0.25) is 0 Å². The fraction of sp³-hybridized carbons (Fsp3) is 0.0741. The fourth-order valence-corrected chi connectivity index (χ4v) is 8.65. The smallest absolute Gasteiger partial charge is 0.136 e. The number of hydrogen-bond donors (Lipinski definition) is 0. The number of rotatable bonds is 6. The Morgan fingerprint density at radius 2 is 0.672 bits per heavy atom. The topological polar surface area (TPSA) is 32.8 Å². The van der Waals surface area contributed by atoms with E-state index in [4.69, 9.17) is 8.83 Å². The molecule has 0 spiro atoms. The Morgan fingerprint density at radius 1 is 0.310 bits per heavy atom. The summed E-state index contributed by atoms with van der Waals surface area (Å²) in [5.74, 6) is 0. The Balaban J connectivity index is 1.01. The molecule has 0 unspecified atom stereocenters. The van der Waals surface area contributed by atoms with Crippen molar-refractivity contribution in [3.63, 3.8) is 0 Å². The third kappa shape index (κ3) is 5.60. The lowest BCUT2D eigenvalue weighted by atomic mass is 10.0. The Kier molecular flexibility index (Phi) is 7.70. The molecule has 0 aliphatic rings. The first-order valence-electron chi connectivity index (χ1n) is 19.9. The molecule has 0 radical (unpaired) electrons. The Hall–Kier alpha value is -7.30. The van der Waals surface area contributed by atoms with E-state index in [2.05, 4.69) is 207 Å². The fourth-order valence-electron chi connectivity index (χ4n) is 8.65. The van der Waals surface area contributed by atoms with Gasteiger partial charge in [0.05, 0.1) is 0 Å². The molecule has 0 atom stereocenters. The van der Waals surface area contributed by atoms with Crippen molar-refractivity contribution < 1.29 is 8.83 Å². The van der Waals surface area contributed by atoms with Crippen molar-refractivity contribution in [2.75, 3.05) is 9.80 Å². The molecule has 4 heteroatoms. The molecule has 11 rings (SSSR count). The molecule has 2 aromatic heterocycles. The lowest BCUT2D eigenvalue weighted by Gasteiger charge is -2.27. The third-order valence-electron chi connectivity index (χ3n) is 11.8. The molecular weight excluding hydrogens is 709 g/mol. The van der Waals surface area contributed by atoms with Crippen LogP contribution in [0, 0.1) is 27.7 Å². The van der Waals surface area contributed by atoms with Crippen LogP contribution in [0.2, 0.25) is 0 Å². The summed E-state index contributed by atoms with van der Waals surface area (Å²) in [6, 6.07) is 61.2. The van der Waals surface area contributed by atoms with E-state index in [1.165, 1.54) is 22.3 Å². The molecule has 58 heavy (non-hydrogen) atoms. The first-order chi connectivity index (χ1) is 28.3. The SMILES string of the molecule is Cc1ccc(N(c2ccc3cc4c(cc3c2)oc2cc3c(cc24)oc2cc4cc(N(c5ccc(C)cc5)c5ccccc5C)ccc4cc23)c2ccccc2C)cc1. The summed E-state index contributed by atoms with van der Waals surface area (Å²) < 4.78 is 13.3. The van der Waals surface area contributed by atoms with Crippen LogP contribution in [0.1, 0.15) is 22.3 Å². The van der Waals surface area contributed by atoms with E-state index in [-0.39, 0.29) is 0 Å². The molecule has 0 bridgehead atoms. The number of aryl methyl sites for hydroxylation is 4. The maximum absolute atomic E-state index is 6.66. The molecule has 0 saturated carbocycles. The highest BCUT2D eigenvalue weighted by Gasteiger charge is 2.19. The molecule has 9 aromatic carbocycles. The van der Waals surface area contributed by atoms with Gasteiger partial charge in [-0.05, 0) is 157 Å². The summed E-state index contributed by atoms with van der Waals surface area (Å²) in [7, 11) is 0. The Morgan fingerprint density at radius 3 is 1.09 bits per heavy atom. The van der Waals surface area contributed by atoms with Gasteiger partial charge < -0.3 is 18.6 Å². The minimum absolute atomic E-state index is 0.851. The van der Waals surface area contributed by atoms with Crippen LogP contribution in [0.4, 0.5) is 34.1 Å². The van der Waals surface area contributed by atoms with Crippen molar-refractivity contribution in [2.45, 2.75) is 27.7 Å². The number of benzene rings is 9. The quantitative estimate of drug-likeness (QED) is 0.170. The molecule has 0 fully saturated rings. The average molecular weight is 749 g/mol. The highest BCUT2D eigenvalue weighted by Crippen LogP contribution is 2.43. The number of furan rings is 2. The molecule has 11 aromatic rings. The van der Waals surface area contributed by atoms with Crippen LogP contribution < -0.4 is 9.80 Å². The van der Waals surface area contributed by atoms with Crippen molar-refractivity contribution in [1.29, 1.82) is 0 Å². The Bertz CT molecular complexity index is 3160. The van der Waals surface area contributed by atoms with E-state index in [0.29, 0.717) is 0 Å². The summed E-state index contributed by atoms with van der Waals surface area (Å²) in [5, 5.41) is 8.81. The number of nitrogens with zero attached hydrogens (tertiary/aromatic N) is 2. The van der Waals surface area contributed by atoms with Gasteiger partial charge >= 0.3 is 0 Å². The summed E-state index contributed by atoms with van der Waals surface area (Å²) in [4.78, 5) is 4.68. The lowest BCUT2D eigenvalue weighted by Crippen LogP contribution is -2.11. The highest BCUT2D eigenvalue weighted by molar-refractivity contribution is 6.18. The molecular formula is C54H40N2O2. The van der Waals surface area contributed by atoms with E-state index in [0.717, 1.165) is 99.5 Å². The van der Waals surface area contributed by atoms with Gasteiger partial charge in [-0.25, -0.2) is 0 Å². The maximum atomic E-state index is 6.66. The van der Waals surface area contributed by atoms with Gasteiger partial charge in [0, 0.05) is 55.7 Å². The van der Waals surface area contributed by atoms with Crippen LogP contribution in [0.3, 0.4) is 0 Å². The van der Waals surface area contributed by atoms with E-state index in [1.807, 2.05) is 0 Å². The van der Waals surface area contributed by atoms with Crippen LogP contribution >= 0.6 is 0 Å². The second-order valence-electron chi connectivity index (χ2n) is 15.7. The molecule has 0 amide bonds. The van der Waals surface area contributed by atoms with Gasteiger partial charge in [0.1, 0.15) is 22.3 Å². The number of para-hydroxylation sites is 2. The van der Waals surface area contributed by atoms with Gasteiger partial charge in [-0.15, -0.1) is 0 Å². The molecule has 2 heterocycles. The van der Waals surface area contributed by atoms with Gasteiger partial charge in [-0.1, -0.05) is 83.9 Å². The highest BCUT2D eigenvalue weighted by atomic mass is 16.3. The van der Waals surface area contributed by atoms with Crippen molar-refractivity contribution in [2.24, 2.45) is 0 Å². The summed E-state index contributed by atoms with van der Waals surface area (Å²) in [6.45, 7) is 8.59. The molecule has 0 N–H and O–H groups in total. The largest absolute Gasteiger partial charge is 0.456 e. The zero-order chi connectivity index (χ0) is 39.1. The predicted octanol–water partition coefficient (Wildman–Crippen LogP) is 16.0. The zero-order valence-electron chi connectivity index (χ0n) is 32.9. The van der Waals surface area contributed by atoms with Crippen molar-refractivity contribution in [3.8, 4) is 0 Å². The molecule has 4 nitrogen and oxygen atoms in total. The molecule has 278 valence electrons. The first kappa shape index (κ1) is 34.0. The van der Waals surface area contributed by atoms with Gasteiger partial charge in [-0.2, -0.15) is 0 Å². The number of anilines is 6. The normalized spacial score (nSPS) is 11.8. The standard InChI is InChI=1S/C54H40N2O2/c1-33-13-19-41(20-14-33)55(49-11-7-5-9-35(49)3)43-23-17-37-27-45-47-31-54-48(32-53(47)57-51(45)29-39(37)25-43)46-28-38-18-24-44(26-40(38)30-52(46)58-54)56(42-21-15-34(2)16-22-42)50-12-8-6-10-36(50)4/h5-32H,1-4H3. The van der Waals surface area contributed by atoms with Crippen LogP contribution in [-0.4, -0.2) is 0 Å². The predicted molar refractivity (Wildman–Crippen MR) is 244 cm³/mol. The third-order valence-corrected chi connectivity index (χ3v) is 11.8. The number of hydrogen-bond acceptors (Lipinski definition) is 4. The van der Waals surface area contributed by atoms with Crippen LogP contribution in [0.5, 0.6) is 0 Å². The number of fused-ring (bicyclic) bond motifs is 8. The second-order valence-corrected chi connectivity index (χ2v) is 15.7. The van der Waals surface area contributed by atoms with Gasteiger partial charge in [0.2, 0.25) is 0 Å². The first-order valence-corrected chi connectivity index (χ1v) is 19.9. The van der Waals surface area contributed by atoms with Crippen molar-refractivity contribution in [1.82, 2.24) is 0 Å². The van der Waals surface area contributed by atoms with Gasteiger partial charge in [0.15, 0.2) is 0 Å². The molecule has 0 aliphatic carbocycles. The van der Waals surface area contributed by atoms with E-state index >= 15 is 0 Å². The van der Waals surface area contributed by atoms with Crippen molar-refractivity contribution in [3.05, 3.63) is 192 Å².